The molecule has 26 heavy (non-hydrogen) atoms. The van der Waals surface area contributed by atoms with Crippen LogP contribution in [-0.4, -0.2) is 23.7 Å². The van der Waals surface area contributed by atoms with Crippen LogP contribution in [0.3, 0.4) is 0 Å². The van der Waals surface area contributed by atoms with Crippen molar-refractivity contribution in [3.8, 4) is 0 Å². The molecule has 0 radical (unpaired) electrons. The lowest BCUT2D eigenvalue weighted by atomic mass is 10.2. The molecule has 3 aromatic rings. The van der Waals surface area contributed by atoms with Crippen molar-refractivity contribution in [2.75, 3.05) is 13.2 Å². The number of carbonyl (C=O) groups excluding carboxylic acids is 1. The number of hydrogen-bond donors (Lipinski definition) is 0. The third-order valence-corrected chi connectivity index (χ3v) is 5.20. The zero-order valence-corrected chi connectivity index (χ0v) is 16.2. The van der Waals surface area contributed by atoms with E-state index in [0.717, 1.165) is 21.9 Å². The van der Waals surface area contributed by atoms with Crippen LogP contribution < -0.4 is 4.80 Å². The van der Waals surface area contributed by atoms with E-state index in [0.29, 0.717) is 34.8 Å². The molecule has 0 unspecified atom stereocenters. The molecule has 0 bridgehead atoms. The average Bonchev–Trinajstić information content (AvgIpc) is 2.93. The predicted molar refractivity (Wildman–Crippen MR) is 100 cm³/mol. The van der Waals surface area contributed by atoms with E-state index in [4.69, 9.17) is 4.74 Å². The number of halogens is 3. The molecule has 0 fully saturated rings. The predicted octanol–water partition coefficient (Wildman–Crippen LogP) is 4.52. The number of aromatic nitrogens is 1. The molecule has 0 aliphatic carbocycles. The van der Waals surface area contributed by atoms with Crippen LogP contribution in [-0.2, 0) is 11.3 Å². The molecular weight excluding hydrogens is 426 g/mol. The van der Waals surface area contributed by atoms with Gasteiger partial charge in [-0.05, 0) is 37.3 Å². The largest absolute Gasteiger partial charge is 0.380 e. The molecule has 0 saturated carbocycles. The molecule has 0 aliphatic rings. The van der Waals surface area contributed by atoms with Gasteiger partial charge < -0.3 is 9.30 Å². The first-order chi connectivity index (χ1) is 12.5. The minimum absolute atomic E-state index is 0.221. The Morgan fingerprint density at radius 3 is 2.69 bits per heavy atom. The van der Waals surface area contributed by atoms with Crippen molar-refractivity contribution in [1.29, 1.82) is 0 Å². The maximum Gasteiger partial charge on any atom is 0.279 e. The second kappa shape index (κ2) is 8.20. The van der Waals surface area contributed by atoms with Gasteiger partial charge in [0.25, 0.3) is 5.91 Å². The van der Waals surface area contributed by atoms with Gasteiger partial charge in [-0.15, -0.1) is 0 Å². The molecule has 4 nitrogen and oxygen atoms in total. The summed E-state index contributed by atoms with van der Waals surface area (Å²) in [5, 5.41) is 0. The van der Waals surface area contributed by atoms with Crippen LogP contribution in [0.25, 0.3) is 10.2 Å². The van der Waals surface area contributed by atoms with Crippen molar-refractivity contribution in [2.24, 2.45) is 4.99 Å². The quantitative estimate of drug-likeness (QED) is 0.547. The van der Waals surface area contributed by atoms with E-state index in [1.807, 2.05) is 6.92 Å². The molecule has 3 rings (SSSR count). The molecule has 8 heteroatoms. The van der Waals surface area contributed by atoms with Crippen LogP contribution in [0.15, 0.2) is 45.9 Å². The zero-order valence-electron chi connectivity index (χ0n) is 13.8. The van der Waals surface area contributed by atoms with E-state index < -0.39 is 17.5 Å². The van der Waals surface area contributed by atoms with E-state index in [9.17, 15) is 13.6 Å². The highest BCUT2D eigenvalue weighted by Crippen LogP contribution is 2.22. The fourth-order valence-corrected chi connectivity index (χ4v) is 3.82. The Labute approximate surface area is 160 Å². The number of hydrogen-bond acceptors (Lipinski definition) is 3. The summed E-state index contributed by atoms with van der Waals surface area (Å²) in [6.07, 6.45) is 0. The molecular formula is C18H15BrF2N2O2S. The smallest absolute Gasteiger partial charge is 0.279 e. The molecule has 0 spiro atoms. The van der Waals surface area contributed by atoms with Crippen LogP contribution in [0, 0.1) is 11.6 Å². The summed E-state index contributed by atoms with van der Waals surface area (Å²) in [6.45, 7) is 3.01. The number of rotatable bonds is 5. The van der Waals surface area contributed by atoms with Gasteiger partial charge in [0.1, 0.15) is 5.82 Å². The molecule has 1 heterocycles. The van der Waals surface area contributed by atoms with Crippen LogP contribution >= 0.6 is 27.3 Å². The molecule has 0 atom stereocenters. The third kappa shape index (κ3) is 4.08. The lowest BCUT2D eigenvalue weighted by molar-refractivity contribution is 0.0996. The SMILES string of the molecule is CCOCCn1c(=NC(=O)c2ccc(Br)cc2)sc2cc(F)cc(F)c21. The summed E-state index contributed by atoms with van der Waals surface area (Å²) in [5.74, 6) is -1.81. The van der Waals surface area contributed by atoms with Gasteiger partial charge >= 0.3 is 0 Å². The van der Waals surface area contributed by atoms with E-state index in [2.05, 4.69) is 20.9 Å². The Hall–Kier alpha value is -1.90. The number of amides is 1. The maximum absolute atomic E-state index is 14.3. The maximum atomic E-state index is 14.3. The van der Waals surface area contributed by atoms with Crippen molar-refractivity contribution in [1.82, 2.24) is 4.57 Å². The molecule has 0 aliphatic heterocycles. The highest BCUT2D eigenvalue weighted by Gasteiger charge is 2.14. The first-order valence-electron chi connectivity index (χ1n) is 7.90. The minimum atomic E-state index is -0.690. The summed E-state index contributed by atoms with van der Waals surface area (Å²) < 4.78 is 36.0. The molecule has 1 aromatic heterocycles. The normalized spacial score (nSPS) is 12.1. The standard InChI is InChI=1S/C18H15BrF2N2O2S/c1-2-25-8-7-23-16-14(21)9-13(20)10-15(16)26-18(23)22-17(24)11-3-5-12(19)6-4-11/h3-6,9-10H,2,7-8H2,1H3. The average molecular weight is 441 g/mol. The number of carbonyl (C=O) groups is 1. The number of thiazole rings is 1. The van der Waals surface area contributed by atoms with Crippen LogP contribution in [0.4, 0.5) is 8.78 Å². The Morgan fingerprint density at radius 1 is 1.27 bits per heavy atom. The number of ether oxygens (including phenoxy) is 1. The van der Waals surface area contributed by atoms with Gasteiger partial charge in [-0.1, -0.05) is 27.3 Å². The number of nitrogens with zero attached hydrogens (tertiary/aromatic N) is 2. The summed E-state index contributed by atoms with van der Waals surface area (Å²) >= 11 is 4.38. The van der Waals surface area contributed by atoms with Crippen molar-refractivity contribution < 1.29 is 18.3 Å². The van der Waals surface area contributed by atoms with Crippen LogP contribution in [0.5, 0.6) is 0 Å². The van der Waals surface area contributed by atoms with E-state index in [1.54, 1.807) is 28.8 Å². The molecule has 0 N–H and O–H groups in total. The lowest BCUT2D eigenvalue weighted by Gasteiger charge is -2.06. The van der Waals surface area contributed by atoms with Gasteiger partial charge in [0.05, 0.1) is 16.8 Å². The van der Waals surface area contributed by atoms with Gasteiger partial charge in [0.15, 0.2) is 10.6 Å². The second-order valence-corrected chi connectivity index (χ2v) is 7.32. The molecule has 0 saturated heterocycles. The third-order valence-electron chi connectivity index (χ3n) is 3.65. The fraction of sp³-hybridized carbons (Fsp3) is 0.222. The van der Waals surface area contributed by atoms with Gasteiger partial charge in [-0.2, -0.15) is 4.99 Å². The monoisotopic (exact) mass is 440 g/mol. The highest BCUT2D eigenvalue weighted by molar-refractivity contribution is 9.10. The van der Waals surface area contributed by atoms with Crippen molar-refractivity contribution in [3.63, 3.8) is 0 Å². The summed E-state index contributed by atoms with van der Waals surface area (Å²) in [4.78, 5) is 16.9. The minimum Gasteiger partial charge on any atom is -0.380 e. The van der Waals surface area contributed by atoms with Crippen molar-refractivity contribution in [2.45, 2.75) is 13.5 Å². The molecule has 1 amide bonds. The van der Waals surface area contributed by atoms with E-state index in [1.165, 1.54) is 6.07 Å². The summed E-state index contributed by atoms with van der Waals surface area (Å²) in [5.41, 5.74) is 0.632. The Balaban J connectivity index is 2.10. The Bertz CT molecular complexity index is 1010. The van der Waals surface area contributed by atoms with E-state index in [-0.39, 0.29) is 5.52 Å². The van der Waals surface area contributed by atoms with Crippen LogP contribution in [0.1, 0.15) is 17.3 Å². The summed E-state index contributed by atoms with van der Waals surface area (Å²) in [7, 11) is 0. The van der Waals surface area contributed by atoms with Gasteiger partial charge in [-0.3, -0.25) is 4.79 Å². The van der Waals surface area contributed by atoms with Crippen molar-refractivity contribution >= 4 is 43.4 Å². The number of fused-ring (bicyclic) bond motifs is 1. The zero-order chi connectivity index (χ0) is 18.7. The first kappa shape index (κ1) is 18.9. The highest BCUT2D eigenvalue weighted by atomic mass is 79.9. The Morgan fingerprint density at radius 2 is 2.00 bits per heavy atom. The lowest BCUT2D eigenvalue weighted by Crippen LogP contribution is -2.20. The van der Waals surface area contributed by atoms with Crippen LogP contribution in [0.2, 0.25) is 0 Å². The van der Waals surface area contributed by atoms with Gasteiger partial charge in [0.2, 0.25) is 0 Å². The van der Waals surface area contributed by atoms with Gasteiger partial charge in [-0.25, -0.2) is 8.78 Å². The first-order valence-corrected chi connectivity index (χ1v) is 9.51. The summed E-state index contributed by atoms with van der Waals surface area (Å²) in [6, 6.07) is 8.84. The van der Waals surface area contributed by atoms with Crippen molar-refractivity contribution in [3.05, 3.63) is 62.9 Å². The number of benzene rings is 2. The second-order valence-electron chi connectivity index (χ2n) is 5.39. The topological polar surface area (TPSA) is 43.6 Å². The Kier molecular flexibility index (Phi) is 5.95. The van der Waals surface area contributed by atoms with Gasteiger partial charge in [0, 0.05) is 29.3 Å². The van der Waals surface area contributed by atoms with E-state index >= 15 is 0 Å². The fourth-order valence-electron chi connectivity index (χ4n) is 2.47. The molecule has 136 valence electrons. The molecule has 2 aromatic carbocycles.